The van der Waals surface area contributed by atoms with Crippen molar-refractivity contribution in [1.82, 2.24) is 19.9 Å². The van der Waals surface area contributed by atoms with Gasteiger partial charge in [-0.15, -0.1) is 0 Å². The maximum absolute atomic E-state index is 13.9. The Morgan fingerprint density at radius 1 is 1.19 bits per heavy atom. The van der Waals surface area contributed by atoms with Gasteiger partial charge >= 0.3 is 0 Å². The van der Waals surface area contributed by atoms with Crippen LogP contribution in [0.5, 0.6) is 0 Å². The van der Waals surface area contributed by atoms with E-state index in [4.69, 9.17) is 4.52 Å². The maximum Gasteiger partial charge on any atom is 0.246 e. The van der Waals surface area contributed by atoms with Crippen molar-refractivity contribution in [3.8, 4) is 11.4 Å². The van der Waals surface area contributed by atoms with E-state index in [1.54, 1.807) is 18.0 Å². The third-order valence-corrected chi connectivity index (χ3v) is 5.78. The lowest BCUT2D eigenvalue weighted by atomic mass is 9.95. The van der Waals surface area contributed by atoms with Crippen LogP contribution in [0, 0.1) is 18.7 Å². The number of amides is 1. The average Bonchev–Trinajstić information content (AvgIpc) is 3.24. The van der Waals surface area contributed by atoms with Gasteiger partial charge in [-0.3, -0.25) is 9.69 Å². The van der Waals surface area contributed by atoms with Crippen LogP contribution < -0.4 is 0 Å². The Balaban J connectivity index is 1.30. The lowest BCUT2D eigenvalue weighted by Gasteiger charge is -2.33. The lowest BCUT2D eigenvalue weighted by Crippen LogP contribution is -2.40. The average molecular weight is 423 g/mol. The van der Waals surface area contributed by atoms with Crippen molar-refractivity contribution in [1.29, 1.82) is 0 Å². The minimum atomic E-state index is -0.176. The molecule has 0 spiro atoms. The van der Waals surface area contributed by atoms with E-state index < -0.39 is 0 Å². The fraction of sp³-hybridized carbons (Fsp3) is 0.375. The summed E-state index contributed by atoms with van der Waals surface area (Å²) < 4.78 is 19.2. The molecule has 6 nitrogen and oxygen atoms in total. The monoisotopic (exact) mass is 422 g/mol. The number of benzene rings is 2. The molecule has 0 radical (unpaired) electrons. The van der Waals surface area contributed by atoms with Crippen LogP contribution in [-0.4, -0.2) is 46.0 Å². The highest BCUT2D eigenvalue weighted by atomic mass is 19.1. The molecule has 162 valence electrons. The highest BCUT2D eigenvalue weighted by Crippen LogP contribution is 2.23. The summed E-state index contributed by atoms with van der Waals surface area (Å²) in [6.45, 7) is 4.42. The molecule has 1 aliphatic rings. The van der Waals surface area contributed by atoms with Gasteiger partial charge in [-0.2, -0.15) is 4.98 Å². The van der Waals surface area contributed by atoms with Gasteiger partial charge in [0, 0.05) is 30.6 Å². The molecule has 0 unspecified atom stereocenters. The van der Waals surface area contributed by atoms with E-state index in [-0.39, 0.29) is 24.2 Å². The minimum Gasteiger partial charge on any atom is -0.337 e. The van der Waals surface area contributed by atoms with Gasteiger partial charge in [-0.25, -0.2) is 4.39 Å². The Morgan fingerprint density at radius 2 is 1.97 bits per heavy atom. The van der Waals surface area contributed by atoms with Crippen molar-refractivity contribution in [3.63, 3.8) is 0 Å². The summed E-state index contributed by atoms with van der Waals surface area (Å²) >= 11 is 0. The first kappa shape index (κ1) is 21.2. The van der Waals surface area contributed by atoms with Crippen LogP contribution in [0.3, 0.4) is 0 Å². The first-order valence-electron chi connectivity index (χ1n) is 10.6. The highest BCUT2D eigenvalue weighted by Gasteiger charge is 2.28. The fourth-order valence-electron chi connectivity index (χ4n) is 4.02. The Labute approximate surface area is 181 Å². The number of rotatable bonds is 6. The number of aryl methyl sites for hydroxylation is 1. The summed E-state index contributed by atoms with van der Waals surface area (Å²) in [7, 11) is 1.77. The molecule has 1 saturated heterocycles. The third-order valence-electron chi connectivity index (χ3n) is 5.78. The van der Waals surface area contributed by atoms with E-state index in [2.05, 4.69) is 15.0 Å². The number of likely N-dealkylation sites (tertiary alicyclic amines) is 1. The quantitative estimate of drug-likeness (QED) is 0.600. The summed E-state index contributed by atoms with van der Waals surface area (Å²) in [5.74, 6) is 0.817. The van der Waals surface area contributed by atoms with E-state index in [0.717, 1.165) is 37.1 Å². The normalized spacial score (nSPS) is 15.2. The van der Waals surface area contributed by atoms with Crippen LogP contribution >= 0.6 is 0 Å². The zero-order chi connectivity index (χ0) is 21.8. The summed E-state index contributed by atoms with van der Waals surface area (Å²) in [4.78, 5) is 21.2. The van der Waals surface area contributed by atoms with Crippen molar-refractivity contribution in [2.45, 2.75) is 32.9 Å². The zero-order valence-electron chi connectivity index (χ0n) is 17.9. The topological polar surface area (TPSA) is 62.5 Å². The first-order valence-corrected chi connectivity index (χ1v) is 10.6. The smallest absolute Gasteiger partial charge is 0.246 e. The van der Waals surface area contributed by atoms with E-state index in [1.165, 1.54) is 6.07 Å². The second-order valence-electron chi connectivity index (χ2n) is 8.22. The maximum atomic E-state index is 13.9. The molecule has 1 amide bonds. The van der Waals surface area contributed by atoms with Gasteiger partial charge in [0.2, 0.25) is 17.6 Å². The van der Waals surface area contributed by atoms with Crippen LogP contribution in [0.1, 0.15) is 29.9 Å². The molecule has 31 heavy (non-hydrogen) atoms. The predicted molar refractivity (Wildman–Crippen MR) is 115 cm³/mol. The Morgan fingerprint density at radius 3 is 2.71 bits per heavy atom. The van der Waals surface area contributed by atoms with E-state index in [9.17, 15) is 9.18 Å². The van der Waals surface area contributed by atoms with Gasteiger partial charge in [-0.05, 0) is 45.0 Å². The molecule has 1 aromatic heterocycles. The number of piperidine rings is 1. The third kappa shape index (κ3) is 5.17. The van der Waals surface area contributed by atoms with Crippen molar-refractivity contribution < 1.29 is 13.7 Å². The molecule has 0 bridgehead atoms. The first-order chi connectivity index (χ1) is 15.0. The molecule has 2 heterocycles. The van der Waals surface area contributed by atoms with Gasteiger partial charge in [0.15, 0.2) is 0 Å². The van der Waals surface area contributed by atoms with Crippen LogP contribution in [0.25, 0.3) is 11.4 Å². The minimum absolute atomic E-state index is 0.0407. The summed E-state index contributed by atoms with van der Waals surface area (Å²) in [6, 6.07) is 14.8. The zero-order valence-corrected chi connectivity index (χ0v) is 17.9. The Hall–Kier alpha value is -3.06. The molecule has 1 fully saturated rings. The second kappa shape index (κ2) is 9.39. The van der Waals surface area contributed by atoms with Crippen LogP contribution in [0.4, 0.5) is 4.39 Å². The molecule has 0 atom stereocenters. The van der Waals surface area contributed by atoms with E-state index in [0.29, 0.717) is 23.8 Å². The molecule has 3 aromatic rings. The summed E-state index contributed by atoms with van der Waals surface area (Å²) in [5.41, 5.74) is 2.72. The summed E-state index contributed by atoms with van der Waals surface area (Å²) in [5, 5.41) is 4.05. The van der Waals surface area contributed by atoms with E-state index >= 15 is 0 Å². The van der Waals surface area contributed by atoms with Crippen molar-refractivity contribution in [2.24, 2.45) is 5.92 Å². The molecule has 7 heteroatoms. The molecular formula is C24H27FN4O2. The van der Waals surface area contributed by atoms with Gasteiger partial charge < -0.3 is 9.42 Å². The highest BCUT2D eigenvalue weighted by molar-refractivity contribution is 5.78. The van der Waals surface area contributed by atoms with Gasteiger partial charge in [0.05, 0.1) is 6.54 Å². The van der Waals surface area contributed by atoms with Gasteiger partial charge in [0.1, 0.15) is 5.82 Å². The van der Waals surface area contributed by atoms with Crippen molar-refractivity contribution in [2.75, 3.05) is 20.1 Å². The summed E-state index contributed by atoms with van der Waals surface area (Å²) in [6.07, 6.45) is 1.52. The molecule has 0 saturated carbocycles. The molecule has 2 aromatic carbocycles. The van der Waals surface area contributed by atoms with Gasteiger partial charge in [-0.1, -0.05) is 47.1 Å². The number of aromatic nitrogens is 2. The number of carbonyl (C=O) groups excluding carboxylic acids is 1. The Kier molecular flexibility index (Phi) is 6.42. The number of hydrogen-bond donors (Lipinski definition) is 0. The van der Waals surface area contributed by atoms with Crippen LogP contribution in [0.15, 0.2) is 53.1 Å². The molecule has 0 N–H and O–H groups in total. The number of halogens is 1. The van der Waals surface area contributed by atoms with Crippen molar-refractivity contribution in [3.05, 3.63) is 71.4 Å². The van der Waals surface area contributed by atoms with Crippen LogP contribution in [-0.2, 0) is 17.9 Å². The predicted octanol–water partition coefficient (Wildman–Crippen LogP) is 4.05. The number of carbonyl (C=O) groups is 1. The van der Waals surface area contributed by atoms with Crippen molar-refractivity contribution >= 4 is 5.91 Å². The number of nitrogens with zero attached hydrogens (tertiary/aromatic N) is 4. The second-order valence-corrected chi connectivity index (χ2v) is 8.22. The molecule has 4 rings (SSSR count). The van der Waals surface area contributed by atoms with Gasteiger partial charge in [0.25, 0.3) is 0 Å². The Bertz CT molecular complexity index is 1040. The molecule has 0 aliphatic carbocycles. The SMILES string of the molecule is Cc1cccc(-c2noc(CN(C)C(=O)C3CCN(Cc4ccccc4F)CC3)n2)c1. The van der Waals surface area contributed by atoms with E-state index in [1.807, 2.05) is 43.3 Å². The number of hydrogen-bond acceptors (Lipinski definition) is 5. The standard InChI is InChI=1S/C24H27FN4O2/c1-17-6-5-8-19(14-17)23-26-22(31-27-23)16-28(2)24(30)18-10-12-29(13-11-18)15-20-7-3-4-9-21(20)25/h3-9,14,18H,10-13,15-16H2,1-2H3. The van der Waals surface area contributed by atoms with Crippen LogP contribution in [0.2, 0.25) is 0 Å². The molecular weight excluding hydrogens is 395 g/mol. The fourth-order valence-corrected chi connectivity index (χ4v) is 4.02. The largest absolute Gasteiger partial charge is 0.337 e. The molecule has 1 aliphatic heterocycles. The lowest BCUT2D eigenvalue weighted by molar-refractivity contribution is -0.136.